The van der Waals surface area contributed by atoms with E-state index in [2.05, 4.69) is 5.09 Å². The summed E-state index contributed by atoms with van der Waals surface area (Å²) in [4.78, 5) is 11.7. The molecule has 0 spiro atoms. The molecule has 112 valence electrons. The summed E-state index contributed by atoms with van der Waals surface area (Å²) in [6.07, 6.45) is 0.0732. The number of ether oxygens (including phenoxy) is 1. The van der Waals surface area contributed by atoms with Crippen LogP contribution in [0.4, 0.5) is 0 Å². The highest BCUT2D eigenvalue weighted by Crippen LogP contribution is 2.42. The summed E-state index contributed by atoms with van der Waals surface area (Å²) in [5, 5.41) is 2.76. The molecule has 0 aliphatic rings. The van der Waals surface area contributed by atoms with Gasteiger partial charge in [-0.2, -0.15) is 0 Å². The van der Waals surface area contributed by atoms with E-state index in [4.69, 9.17) is 9.26 Å². The topological polar surface area (TPSA) is 64.6 Å². The first kappa shape index (κ1) is 16.7. The van der Waals surface area contributed by atoms with Gasteiger partial charge in [-0.25, -0.2) is 5.09 Å². The fourth-order valence-electron chi connectivity index (χ4n) is 1.52. The molecule has 0 aliphatic heterocycles. The average molecular weight is 299 g/mol. The van der Waals surface area contributed by atoms with E-state index >= 15 is 0 Å². The maximum absolute atomic E-state index is 12.6. The lowest BCUT2D eigenvalue weighted by molar-refractivity contribution is -0.149. The van der Waals surface area contributed by atoms with Crippen molar-refractivity contribution in [1.29, 1.82) is 0 Å². The molecule has 1 aromatic rings. The van der Waals surface area contributed by atoms with Crippen LogP contribution >= 0.6 is 7.52 Å². The minimum Gasteiger partial charge on any atom is -0.462 e. The van der Waals surface area contributed by atoms with Crippen LogP contribution in [0.25, 0.3) is 0 Å². The average Bonchev–Trinajstić information content (AvgIpc) is 2.39. The molecule has 0 saturated heterocycles. The molecule has 0 amide bonds. The van der Waals surface area contributed by atoms with Gasteiger partial charge in [0.2, 0.25) is 0 Å². The third-order valence-electron chi connectivity index (χ3n) is 2.51. The van der Waals surface area contributed by atoms with Crippen molar-refractivity contribution in [3.8, 4) is 5.75 Å². The van der Waals surface area contributed by atoms with Crippen LogP contribution in [0.5, 0.6) is 5.75 Å². The molecule has 0 heterocycles. The maximum Gasteiger partial charge on any atom is 0.323 e. The number of rotatable bonds is 7. The summed E-state index contributed by atoms with van der Waals surface area (Å²) in [6, 6.07) is 8.20. The molecule has 20 heavy (non-hydrogen) atoms. The molecule has 1 aromatic carbocycles. The smallest absolute Gasteiger partial charge is 0.323 e. The summed E-state index contributed by atoms with van der Waals surface area (Å²) in [5.74, 6) is 0.0694. The van der Waals surface area contributed by atoms with E-state index in [0.717, 1.165) is 0 Å². The third kappa shape index (κ3) is 5.35. The monoisotopic (exact) mass is 299 g/mol. The lowest BCUT2D eigenvalue weighted by atomic mass is 10.3. The summed E-state index contributed by atoms with van der Waals surface area (Å²) in [7, 11) is -3.13. The Morgan fingerprint density at radius 3 is 2.35 bits per heavy atom. The second kappa shape index (κ2) is 7.46. The van der Waals surface area contributed by atoms with Crippen LogP contribution in [0.2, 0.25) is 0 Å². The Balaban J connectivity index is 2.70. The van der Waals surface area contributed by atoms with Gasteiger partial charge in [0, 0.05) is 6.16 Å². The van der Waals surface area contributed by atoms with Crippen LogP contribution < -0.4 is 9.61 Å². The molecule has 0 fully saturated rings. The van der Waals surface area contributed by atoms with E-state index in [1.165, 1.54) is 0 Å². The molecular weight excluding hydrogens is 277 g/mol. The molecule has 0 aliphatic carbocycles. The molecule has 0 unspecified atom stereocenters. The van der Waals surface area contributed by atoms with E-state index in [9.17, 15) is 9.36 Å². The summed E-state index contributed by atoms with van der Waals surface area (Å²) < 4.78 is 23.2. The largest absolute Gasteiger partial charge is 0.462 e. The standard InChI is InChI=1S/C14H22NO4P/c1-5-20(17,19-13-9-7-6-8-10-13)15-12(4)14(16)18-11(2)3/h6-12H,5H2,1-4H3,(H,15,17)/t12-,20-/m1/s1. The normalized spacial score (nSPS) is 15.4. The highest BCUT2D eigenvalue weighted by molar-refractivity contribution is 7.57. The quantitative estimate of drug-likeness (QED) is 0.618. The first-order chi connectivity index (χ1) is 9.36. The second-order valence-electron chi connectivity index (χ2n) is 4.73. The van der Waals surface area contributed by atoms with Crippen molar-refractivity contribution in [3.63, 3.8) is 0 Å². The number of nitrogens with one attached hydrogen (secondary N) is 1. The fourth-order valence-corrected chi connectivity index (χ4v) is 3.04. The Bertz CT molecular complexity index is 475. The van der Waals surface area contributed by atoms with Crippen molar-refractivity contribution >= 4 is 13.5 Å². The Kier molecular flexibility index (Phi) is 6.24. The van der Waals surface area contributed by atoms with Crippen LogP contribution in [-0.4, -0.2) is 24.3 Å². The van der Waals surface area contributed by atoms with Crippen molar-refractivity contribution in [1.82, 2.24) is 5.09 Å². The molecule has 5 nitrogen and oxygen atoms in total. The highest BCUT2D eigenvalue weighted by Gasteiger charge is 2.28. The summed E-state index contributed by atoms with van der Waals surface area (Å²) in [6.45, 7) is 6.90. The SMILES string of the molecule is CC[P@](=O)(N[C@H](C)C(=O)OC(C)C)Oc1ccccc1. The van der Waals surface area contributed by atoms with Gasteiger partial charge in [0.05, 0.1) is 6.10 Å². The number of esters is 1. The van der Waals surface area contributed by atoms with E-state index in [0.29, 0.717) is 5.75 Å². The number of carbonyl (C=O) groups is 1. The van der Waals surface area contributed by atoms with Gasteiger partial charge >= 0.3 is 13.5 Å². The predicted octanol–water partition coefficient (Wildman–Crippen LogP) is 3.21. The van der Waals surface area contributed by atoms with Gasteiger partial charge in [-0.05, 0) is 32.9 Å². The molecule has 1 N–H and O–H groups in total. The van der Waals surface area contributed by atoms with Crippen LogP contribution in [-0.2, 0) is 14.1 Å². The first-order valence-corrected chi connectivity index (χ1v) is 8.49. The molecule has 6 heteroatoms. The Hall–Kier alpha value is -1.32. The van der Waals surface area contributed by atoms with Crippen LogP contribution in [0.1, 0.15) is 27.7 Å². The Morgan fingerprint density at radius 1 is 1.25 bits per heavy atom. The summed E-state index contributed by atoms with van der Waals surface area (Å²) in [5.41, 5.74) is 0. The molecular formula is C14H22NO4P. The second-order valence-corrected chi connectivity index (χ2v) is 7.15. The van der Waals surface area contributed by atoms with Crippen LogP contribution in [0.15, 0.2) is 30.3 Å². The van der Waals surface area contributed by atoms with Crippen molar-refractivity contribution in [2.75, 3.05) is 6.16 Å². The number of benzene rings is 1. The molecule has 1 rings (SSSR count). The number of carbonyl (C=O) groups excluding carboxylic acids is 1. The predicted molar refractivity (Wildman–Crippen MR) is 79.0 cm³/mol. The van der Waals surface area contributed by atoms with Gasteiger partial charge < -0.3 is 9.26 Å². The van der Waals surface area contributed by atoms with Crippen molar-refractivity contribution in [2.45, 2.75) is 39.8 Å². The van der Waals surface area contributed by atoms with Crippen molar-refractivity contribution in [3.05, 3.63) is 30.3 Å². The fraction of sp³-hybridized carbons (Fsp3) is 0.500. The van der Waals surface area contributed by atoms with Crippen LogP contribution in [0, 0.1) is 0 Å². The zero-order chi connectivity index (χ0) is 15.2. The number of hydrogen-bond donors (Lipinski definition) is 1. The lowest BCUT2D eigenvalue weighted by Gasteiger charge is -2.23. The van der Waals surface area contributed by atoms with Gasteiger partial charge in [-0.15, -0.1) is 0 Å². The minimum atomic E-state index is -3.13. The van der Waals surface area contributed by atoms with Crippen LogP contribution in [0.3, 0.4) is 0 Å². The molecule has 0 aromatic heterocycles. The molecule has 0 saturated carbocycles. The zero-order valence-corrected chi connectivity index (χ0v) is 13.2. The van der Waals surface area contributed by atoms with Crippen molar-refractivity contribution in [2.24, 2.45) is 0 Å². The van der Waals surface area contributed by atoms with Gasteiger partial charge in [0.1, 0.15) is 11.8 Å². The van der Waals surface area contributed by atoms with Gasteiger partial charge in [0.25, 0.3) is 0 Å². The maximum atomic E-state index is 12.6. The zero-order valence-electron chi connectivity index (χ0n) is 12.3. The van der Waals surface area contributed by atoms with E-state index in [1.54, 1.807) is 52.0 Å². The minimum absolute atomic E-state index is 0.206. The van der Waals surface area contributed by atoms with Gasteiger partial charge in [0.15, 0.2) is 0 Å². The number of para-hydroxylation sites is 1. The number of hydrogen-bond acceptors (Lipinski definition) is 4. The third-order valence-corrected chi connectivity index (χ3v) is 4.63. The summed E-state index contributed by atoms with van der Waals surface area (Å²) >= 11 is 0. The molecule has 0 bridgehead atoms. The van der Waals surface area contributed by atoms with Crippen molar-refractivity contribution < 1.29 is 18.6 Å². The highest BCUT2D eigenvalue weighted by atomic mass is 31.2. The van der Waals surface area contributed by atoms with E-state index in [1.807, 2.05) is 6.07 Å². The first-order valence-electron chi connectivity index (χ1n) is 6.68. The molecule has 0 radical (unpaired) electrons. The Labute approximate surface area is 120 Å². The van der Waals surface area contributed by atoms with Gasteiger partial charge in [-0.1, -0.05) is 25.1 Å². The van der Waals surface area contributed by atoms with E-state index < -0.39 is 19.5 Å². The molecule has 2 atom stereocenters. The van der Waals surface area contributed by atoms with Gasteiger partial charge in [-0.3, -0.25) is 9.36 Å². The lowest BCUT2D eigenvalue weighted by Crippen LogP contribution is -2.36. The Morgan fingerprint density at radius 2 is 1.85 bits per heavy atom. The van der Waals surface area contributed by atoms with E-state index in [-0.39, 0.29) is 12.3 Å².